The van der Waals surface area contributed by atoms with E-state index in [4.69, 9.17) is 4.74 Å². The molecule has 178 valence electrons. The Bertz CT molecular complexity index is 1190. The maximum atomic E-state index is 14.4. The molecule has 1 N–H and O–H groups in total. The summed E-state index contributed by atoms with van der Waals surface area (Å²) >= 11 is 0. The molecule has 6 nitrogen and oxygen atoms in total. The Morgan fingerprint density at radius 2 is 2.03 bits per heavy atom. The molecule has 2 unspecified atom stereocenters. The minimum absolute atomic E-state index is 0.00667. The van der Waals surface area contributed by atoms with Crippen LogP contribution in [0, 0.1) is 23.4 Å². The maximum Gasteiger partial charge on any atom is 0.296 e. The first kappa shape index (κ1) is 23.6. The Morgan fingerprint density at radius 1 is 1.24 bits per heavy atom. The lowest BCUT2D eigenvalue weighted by Gasteiger charge is -2.40. The van der Waals surface area contributed by atoms with Crippen molar-refractivity contribution in [1.82, 2.24) is 14.6 Å². The minimum Gasteiger partial charge on any atom is -0.453 e. The molecule has 1 aromatic heterocycles. The number of ether oxygens (including phenoxy) is 1. The zero-order valence-electron chi connectivity index (χ0n) is 17.9. The highest BCUT2D eigenvalue weighted by atomic mass is 19.3. The van der Waals surface area contributed by atoms with Gasteiger partial charge >= 0.3 is 0 Å². The number of carbonyl (C=O) groups is 1. The number of pyridine rings is 1. The summed E-state index contributed by atoms with van der Waals surface area (Å²) in [6.45, 7) is 1.65. The van der Waals surface area contributed by atoms with Gasteiger partial charge in [-0.25, -0.2) is 22.5 Å². The van der Waals surface area contributed by atoms with Gasteiger partial charge in [0, 0.05) is 25.6 Å². The zero-order chi connectivity index (χ0) is 24.5. The lowest BCUT2D eigenvalue weighted by molar-refractivity contribution is -0.128. The standard InChI is InChI=1S/C23H19F5N4O2/c1-13(32-9-7-23(27,28)16(12-32)14-6-8-29-10-14)22(33)31-19-5-2-15(11-30-19)34-18-4-3-17(24)20(25)21(18)26/h2-6,8,10-11,13,16H,7,9,12H2,1H3/p+1. The molecule has 11 heteroatoms. The van der Waals surface area contributed by atoms with Gasteiger partial charge in [-0.1, -0.05) is 0 Å². The first-order valence-corrected chi connectivity index (χ1v) is 10.4. The van der Waals surface area contributed by atoms with E-state index in [0.29, 0.717) is 5.57 Å². The van der Waals surface area contributed by atoms with Crippen molar-refractivity contribution >= 4 is 24.2 Å². The molecule has 1 fully saturated rings. The van der Waals surface area contributed by atoms with Crippen LogP contribution in [0.2, 0.25) is 0 Å². The number of anilines is 1. The zero-order valence-corrected chi connectivity index (χ0v) is 17.9. The fraction of sp³-hybridized carbons (Fsp3) is 0.304. The number of likely N-dealkylation sites (tertiary alicyclic amines) is 1. The number of carbonyl (C=O) groups excluding carboxylic acids is 1. The number of nitrogens with zero attached hydrogens (tertiary/aromatic N) is 3. The SMILES string of the molecule is CC(C(=O)Nc1ccc(Oc2ccc(F)c(F)c2F)cn1)N1CCC(F)(F)C(C2=CC=[N+]=C2)C1. The molecule has 3 heterocycles. The van der Waals surface area contributed by atoms with Gasteiger partial charge in [-0.2, -0.15) is 4.39 Å². The van der Waals surface area contributed by atoms with Crippen molar-refractivity contribution < 1.29 is 31.5 Å². The molecule has 2 atom stereocenters. The van der Waals surface area contributed by atoms with E-state index in [9.17, 15) is 26.7 Å². The summed E-state index contributed by atoms with van der Waals surface area (Å²) < 4.78 is 78.0. The van der Waals surface area contributed by atoms with Crippen molar-refractivity contribution in [2.45, 2.75) is 25.3 Å². The second-order valence-electron chi connectivity index (χ2n) is 7.97. The van der Waals surface area contributed by atoms with E-state index in [0.717, 1.165) is 12.1 Å². The number of benzene rings is 1. The van der Waals surface area contributed by atoms with Crippen LogP contribution >= 0.6 is 0 Å². The smallest absolute Gasteiger partial charge is 0.296 e. The third-order valence-electron chi connectivity index (χ3n) is 5.78. The quantitative estimate of drug-likeness (QED) is 0.390. The summed E-state index contributed by atoms with van der Waals surface area (Å²) in [7, 11) is 0. The molecule has 2 aromatic rings. The summed E-state index contributed by atoms with van der Waals surface area (Å²) in [6, 6.07) is 3.68. The van der Waals surface area contributed by atoms with Gasteiger partial charge in [-0.3, -0.25) is 9.69 Å². The number of hydrogen-bond acceptors (Lipinski definition) is 4. The molecule has 0 radical (unpaired) electrons. The third-order valence-corrected chi connectivity index (χ3v) is 5.78. The van der Waals surface area contributed by atoms with Crippen molar-refractivity contribution in [3.63, 3.8) is 0 Å². The Hall–Kier alpha value is -3.56. The van der Waals surface area contributed by atoms with E-state index >= 15 is 0 Å². The van der Waals surface area contributed by atoms with Crippen LogP contribution in [0.25, 0.3) is 0 Å². The van der Waals surface area contributed by atoms with Crippen LogP contribution < -0.4 is 14.7 Å². The molecule has 2 aliphatic heterocycles. The van der Waals surface area contributed by atoms with E-state index in [1.807, 2.05) is 0 Å². The number of allylic oxidation sites excluding steroid dienone is 1. The van der Waals surface area contributed by atoms with Crippen LogP contribution in [-0.4, -0.2) is 53.3 Å². The molecule has 0 spiro atoms. The van der Waals surface area contributed by atoms with Crippen LogP contribution in [0.1, 0.15) is 13.3 Å². The molecule has 1 amide bonds. The first-order valence-electron chi connectivity index (χ1n) is 10.4. The van der Waals surface area contributed by atoms with E-state index in [1.165, 1.54) is 30.8 Å². The first-order chi connectivity index (χ1) is 16.2. The van der Waals surface area contributed by atoms with Gasteiger partial charge in [-0.15, -0.1) is 4.67 Å². The van der Waals surface area contributed by atoms with Crippen LogP contribution in [0.15, 0.2) is 42.1 Å². The predicted molar refractivity (Wildman–Crippen MR) is 116 cm³/mol. The van der Waals surface area contributed by atoms with Gasteiger partial charge in [0.2, 0.25) is 11.7 Å². The number of halogens is 5. The Balaban J connectivity index is 1.38. The average Bonchev–Trinajstić information content (AvgIpc) is 3.34. The fourth-order valence-corrected chi connectivity index (χ4v) is 3.76. The van der Waals surface area contributed by atoms with Gasteiger partial charge < -0.3 is 10.1 Å². The maximum absolute atomic E-state index is 14.4. The monoisotopic (exact) mass is 479 g/mol. The van der Waals surface area contributed by atoms with Crippen molar-refractivity contribution in [1.29, 1.82) is 0 Å². The Labute approximate surface area is 191 Å². The van der Waals surface area contributed by atoms with Gasteiger partial charge in [-0.05, 0) is 31.2 Å². The predicted octanol–water partition coefficient (Wildman–Crippen LogP) is 3.72. The Kier molecular flexibility index (Phi) is 6.49. The minimum atomic E-state index is -2.90. The second-order valence-corrected chi connectivity index (χ2v) is 7.97. The van der Waals surface area contributed by atoms with Gasteiger partial charge in [0.05, 0.1) is 23.7 Å². The van der Waals surface area contributed by atoms with E-state index < -0.39 is 47.0 Å². The number of nitrogens with one attached hydrogen (secondary N) is 1. The lowest BCUT2D eigenvalue weighted by Crippen LogP contribution is -2.53. The molecular formula is C23H20F5N4O2+. The highest BCUT2D eigenvalue weighted by Crippen LogP contribution is 2.38. The van der Waals surface area contributed by atoms with Crippen molar-refractivity contribution in [2.75, 3.05) is 18.4 Å². The van der Waals surface area contributed by atoms with Crippen LogP contribution in [0.3, 0.4) is 0 Å². The lowest BCUT2D eigenvalue weighted by atomic mass is 9.86. The largest absolute Gasteiger partial charge is 0.453 e. The van der Waals surface area contributed by atoms with Crippen molar-refractivity contribution in [3.8, 4) is 11.5 Å². The number of piperidine rings is 1. The summed E-state index contributed by atoms with van der Waals surface area (Å²) in [5.74, 6) is -9.23. The van der Waals surface area contributed by atoms with Gasteiger partial charge in [0.15, 0.2) is 17.4 Å². The van der Waals surface area contributed by atoms with Gasteiger partial charge in [0.1, 0.15) is 11.6 Å². The molecule has 0 saturated carbocycles. The summed E-state index contributed by atoms with van der Waals surface area (Å²) in [5.41, 5.74) is 0.428. The number of rotatable bonds is 6. The number of alkyl halides is 2. The molecule has 1 aromatic carbocycles. The fourth-order valence-electron chi connectivity index (χ4n) is 3.76. The average molecular weight is 479 g/mol. The normalized spacial score (nSPS) is 20.2. The van der Waals surface area contributed by atoms with Crippen LogP contribution in [0.4, 0.5) is 27.8 Å². The van der Waals surface area contributed by atoms with E-state index in [2.05, 4.69) is 15.0 Å². The Morgan fingerprint density at radius 3 is 2.71 bits per heavy atom. The highest BCUT2D eigenvalue weighted by molar-refractivity contribution is 5.94. The summed E-state index contributed by atoms with van der Waals surface area (Å²) in [5, 5.41) is 2.60. The summed E-state index contributed by atoms with van der Waals surface area (Å²) in [4.78, 5) is 18.4. The molecule has 0 aliphatic carbocycles. The molecule has 34 heavy (non-hydrogen) atoms. The van der Waals surface area contributed by atoms with E-state index in [1.54, 1.807) is 17.9 Å². The molecule has 2 aliphatic rings. The molecule has 1 saturated heterocycles. The van der Waals surface area contributed by atoms with E-state index in [-0.39, 0.29) is 31.1 Å². The third kappa shape index (κ3) is 4.85. The van der Waals surface area contributed by atoms with Crippen molar-refractivity contribution in [2.24, 2.45) is 5.92 Å². The summed E-state index contributed by atoms with van der Waals surface area (Å²) in [6.07, 6.45) is 5.20. The number of amides is 1. The van der Waals surface area contributed by atoms with Gasteiger partial charge in [0.25, 0.3) is 18.4 Å². The molecular weight excluding hydrogens is 459 g/mol. The van der Waals surface area contributed by atoms with Crippen molar-refractivity contribution in [3.05, 3.63) is 59.6 Å². The van der Waals surface area contributed by atoms with Crippen LogP contribution in [0.5, 0.6) is 11.5 Å². The molecule has 0 bridgehead atoms. The van der Waals surface area contributed by atoms with Crippen LogP contribution in [-0.2, 0) is 4.79 Å². The number of hydrogen-bond donors (Lipinski definition) is 1. The second kappa shape index (κ2) is 9.36. The topological polar surface area (TPSA) is 68.6 Å². The number of aromatic nitrogens is 1. The highest BCUT2D eigenvalue weighted by Gasteiger charge is 2.48. The molecule has 4 rings (SSSR count).